The molecule has 0 unspecified atom stereocenters. The van der Waals surface area contributed by atoms with Crippen molar-refractivity contribution in [1.82, 2.24) is 10.3 Å². The second-order valence-electron chi connectivity index (χ2n) is 5.08. The van der Waals surface area contributed by atoms with Crippen LogP contribution in [0.2, 0.25) is 0 Å². The molecule has 3 rings (SSSR count). The summed E-state index contributed by atoms with van der Waals surface area (Å²) >= 11 is 0. The molecule has 0 saturated carbocycles. The molecule has 0 bridgehead atoms. The van der Waals surface area contributed by atoms with Crippen molar-refractivity contribution in [3.05, 3.63) is 41.4 Å². The minimum atomic E-state index is 0.0131. The maximum atomic E-state index is 11.2. The number of aromatic nitrogens is 1. The molecular formula is C17H13N3O2. The molecule has 1 fully saturated rings. The molecule has 5 nitrogen and oxygen atoms in total. The highest BCUT2D eigenvalue weighted by molar-refractivity contribution is 5.92. The van der Waals surface area contributed by atoms with Crippen LogP contribution in [-0.2, 0) is 4.79 Å². The fourth-order valence-electron chi connectivity index (χ4n) is 2.49. The molecule has 2 aromatic rings. The van der Waals surface area contributed by atoms with Crippen molar-refractivity contribution in [3.8, 4) is 18.2 Å². The van der Waals surface area contributed by atoms with Crippen LogP contribution in [0.5, 0.6) is 5.88 Å². The lowest BCUT2D eigenvalue weighted by Gasteiger charge is -2.13. The van der Waals surface area contributed by atoms with Crippen molar-refractivity contribution in [3.63, 3.8) is 0 Å². The summed E-state index contributed by atoms with van der Waals surface area (Å²) < 4.78 is 5.75. The number of benzene rings is 1. The van der Waals surface area contributed by atoms with Gasteiger partial charge in [0.15, 0.2) is 0 Å². The maximum absolute atomic E-state index is 11.2. The Hall–Kier alpha value is -3.05. The van der Waals surface area contributed by atoms with Gasteiger partial charge in [-0.05, 0) is 30.0 Å². The zero-order chi connectivity index (χ0) is 15.5. The smallest absolute Gasteiger partial charge is 0.221 e. The van der Waals surface area contributed by atoms with Crippen LogP contribution < -0.4 is 10.1 Å². The SMILES string of the molecule is [C-]#[N+]c1cc2ccnc(OC[C@@H]3CCC(=O)N3)c2cc1C#C. The van der Waals surface area contributed by atoms with Crippen molar-refractivity contribution in [2.45, 2.75) is 18.9 Å². The predicted molar refractivity (Wildman–Crippen MR) is 82.6 cm³/mol. The first-order chi connectivity index (χ1) is 10.7. The number of rotatable bonds is 3. The summed E-state index contributed by atoms with van der Waals surface area (Å²) in [4.78, 5) is 18.9. The zero-order valence-corrected chi connectivity index (χ0v) is 11.8. The summed E-state index contributed by atoms with van der Waals surface area (Å²) in [5, 5.41) is 4.47. The van der Waals surface area contributed by atoms with E-state index in [1.807, 2.05) is 6.07 Å². The lowest BCUT2D eigenvalue weighted by Crippen LogP contribution is -2.31. The second-order valence-corrected chi connectivity index (χ2v) is 5.08. The van der Waals surface area contributed by atoms with Crippen LogP contribution in [0.15, 0.2) is 24.4 Å². The molecule has 1 aromatic carbocycles. The number of nitrogens with one attached hydrogen (secondary N) is 1. The average molecular weight is 291 g/mol. The predicted octanol–water partition coefficient (Wildman–Crippen LogP) is 2.42. The summed E-state index contributed by atoms with van der Waals surface area (Å²) in [6.45, 7) is 7.54. The summed E-state index contributed by atoms with van der Waals surface area (Å²) in [5.74, 6) is 3.03. The van der Waals surface area contributed by atoms with Gasteiger partial charge in [0.25, 0.3) is 0 Å². The third-order valence-corrected chi connectivity index (χ3v) is 3.63. The van der Waals surface area contributed by atoms with Crippen molar-refractivity contribution in [2.24, 2.45) is 0 Å². The Balaban J connectivity index is 1.91. The lowest BCUT2D eigenvalue weighted by atomic mass is 10.1. The highest BCUT2D eigenvalue weighted by Gasteiger charge is 2.21. The van der Waals surface area contributed by atoms with Gasteiger partial charge < -0.3 is 10.1 Å². The molecule has 1 amide bonds. The average Bonchev–Trinajstić information content (AvgIpc) is 2.96. The minimum Gasteiger partial charge on any atom is -0.475 e. The fraction of sp³-hybridized carbons (Fsp3) is 0.235. The van der Waals surface area contributed by atoms with Gasteiger partial charge in [-0.15, -0.1) is 6.42 Å². The molecule has 1 aromatic heterocycles. The van der Waals surface area contributed by atoms with Gasteiger partial charge in [0.2, 0.25) is 17.5 Å². The number of fused-ring (bicyclic) bond motifs is 1. The third-order valence-electron chi connectivity index (χ3n) is 3.63. The largest absolute Gasteiger partial charge is 0.475 e. The van der Waals surface area contributed by atoms with Crippen LogP contribution in [-0.4, -0.2) is 23.5 Å². The summed E-state index contributed by atoms with van der Waals surface area (Å²) in [6, 6.07) is 5.31. The summed E-state index contributed by atoms with van der Waals surface area (Å²) in [6.07, 6.45) is 8.39. The number of terminal acetylenes is 1. The lowest BCUT2D eigenvalue weighted by molar-refractivity contribution is -0.119. The number of carbonyl (C=O) groups excluding carboxylic acids is 1. The van der Waals surface area contributed by atoms with Gasteiger partial charge in [-0.2, -0.15) is 0 Å². The number of hydrogen-bond donors (Lipinski definition) is 1. The van der Waals surface area contributed by atoms with Crippen LogP contribution in [0.25, 0.3) is 15.6 Å². The van der Waals surface area contributed by atoms with Gasteiger partial charge >= 0.3 is 0 Å². The minimum absolute atomic E-state index is 0.0131. The van der Waals surface area contributed by atoms with Crippen LogP contribution >= 0.6 is 0 Å². The molecule has 5 heteroatoms. The highest BCUT2D eigenvalue weighted by Crippen LogP contribution is 2.30. The summed E-state index contributed by atoms with van der Waals surface area (Å²) in [5.41, 5.74) is 0.963. The van der Waals surface area contributed by atoms with Crippen LogP contribution in [0.4, 0.5) is 5.69 Å². The van der Waals surface area contributed by atoms with Gasteiger partial charge in [-0.1, -0.05) is 5.92 Å². The molecule has 2 heterocycles. The molecule has 0 radical (unpaired) electrons. The zero-order valence-electron chi connectivity index (χ0n) is 11.8. The van der Waals surface area contributed by atoms with E-state index in [2.05, 4.69) is 21.1 Å². The molecule has 108 valence electrons. The maximum Gasteiger partial charge on any atom is 0.221 e. The fourth-order valence-corrected chi connectivity index (χ4v) is 2.49. The number of amides is 1. The molecule has 1 saturated heterocycles. The molecule has 1 aliphatic heterocycles. The van der Waals surface area contributed by atoms with Crippen LogP contribution in [0.1, 0.15) is 18.4 Å². The molecule has 22 heavy (non-hydrogen) atoms. The van der Waals surface area contributed by atoms with Crippen molar-refractivity contribution < 1.29 is 9.53 Å². The van der Waals surface area contributed by atoms with Crippen molar-refractivity contribution >= 4 is 22.4 Å². The molecule has 0 spiro atoms. The van der Waals surface area contributed by atoms with Gasteiger partial charge in [0, 0.05) is 23.6 Å². The van der Waals surface area contributed by atoms with Gasteiger partial charge in [0.05, 0.1) is 12.6 Å². The molecular weight excluding hydrogens is 278 g/mol. The van der Waals surface area contributed by atoms with E-state index >= 15 is 0 Å². The van der Waals surface area contributed by atoms with E-state index in [0.717, 1.165) is 17.2 Å². The second kappa shape index (κ2) is 5.75. The van der Waals surface area contributed by atoms with E-state index in [4.69, 9.17) is 17.7 Å². The number of hydrogen-bond acceptors (Lipinski definition) is 3. The molecule has 1 aliphatic rings. The number of pyridine rings is 1. The first-order valence-corrected chi connectivity index (χ1v) is 6.90. The molecule has 1 N–H and O–H groups in total. The van der Waals surface area contributed by atoms with E-state index in [0.29, 0.717) is 30.2 Å². The Labute approximate surface area is 128 Å². The van der Waals surface area contributed by atoms with E-state index in [1.165, 1.54) is 0 Å². The van der Waals surface area contributed by atoms with E-state index < -0.39 is 0 Å². The monoisotopic (exact) mass is 291 g/mol. The Morgan fingerprint density at radius 3 is 3.09 bits per heavy atom. The quantitative estimate of drug-likeness (QED) is 0.698. The van der Waals surface area contributed by atoms with Gasteiger partial charge in [-0.3, -0.25) is 4.79 Å². The number of carbonyl (C=O) groups is 1. The first kappa shape index (κ1) is 13.9. The highest BCUT2D eigenvalue weighted by atomic mass is 16.5. The van der Waals surface area contributed by atoms with Crippen molar-refractivity contribution in [2.75, 3.05) is 6.61 Å². The topological polar surface area (TPSA) is 55.6 Å². The van der Waals surface area contributed by atoms with Gasteiger partial charge in [-0.25, -0.2) is 9.83 Å². The standard InChI is InChI=1S/C17H13N3O2/c1-3-11-8-14-12(9-15(11)18-2)6-7-19-17(14)22-10-13-4-5-16(21)20-13/h1,6-9,13H,4-5,10H2,(H,20,21)/t13-/m0/s1. The van der Waals surface area contributed by atoms with Crippen LogP contribution in [0.3, 0.4) is 0 Å². The normalized spacial score (nSPS) is 16.8. The number of nitrogens with zero attached hydrogens (tertiary/aromatic N) is 2. The Kier molecular flexibility index (Phi) is 3.64. The van der Waals surface area contributed by atoms with E-state index in [1.54, 1.807) is 18.3 Å². The number of ether oxygens (including phenoxy) is 1. The van der Waals surface area contributed by atoms with Crippen LogP contribution in [0, 0.1) is 18.9 Å². The van der Waals surface area contributed by atoms with E-state index in [9.17, 15) is 4.79 Å². The third kappa shape index (κ3) is 2.57. The Morgan fingerprint density at radius 2 is 2.41 bits per heavy atom. The van der Waals surface area contributed by atoms with E-state index in [-0.39, 0.29) is 11.9 Å². The Morgan fingerprint density at radius 1 is 1.55 bits per heavy atom. The summed E-state index contributed by atoms with van der Waals surface area (Å²) in [7, 11) is 0. The Bertz CT molecular complexity index is 830. The first-order valence-electron chi connectivity index (χ1n) is 6.90. The molecule has 0 aliphatic carbocycles. The van der Waals surface area contributed by atoms with Crippen molar-refractivity contribution in [1.29, 1.82) is 0 Å². The van der Waals surface area contributed by atoms with Gasteiger partial charge in [0.1, 0.15) is 6.61 Å². The molecule has 1 atom stereocenters.